The van der Waals surface area contributed by atoms with Crippen LogP contribution in [0.2, 0.25) is 0 Å². The predicted octanol–water partition coefficient (Wildman–Crippen LogP) is 0.0196. The molecule has 3 amide bonds. The quantitative estimate of drug-likeness (QED) is 0.143. The van der Waals surface area contributed by atoms with Gasteiger partial charge in [-0.1, -0.05) is 30.3 Å². The van der Waals surface area contributed by atoms with Gasteiger partial charge in [0, 0.05) is 29.9 Å². The van der Waals surface area contributed by atoms with E-state index in [1.165, 1.54) is 31.2 Å². The Labute approximate surface area is 228 Å². The topological polar surface area (TPSA) is 224 Å². The second-order valence-corrected chi connectivity index (χ2v) is 9.34. The number of H-pyrrole nitrogens is 1. The number of aromatic amines is 1. The van der Waals surface area contributed by atoms with Gasteiger partial charge in [0.15, 0.2) is 0 Å². The zero-order valence-electron chi connectivity index (χ0n) is 21.6. The van der Waals surface area contributed by atoms with Crippen LogP contribution in [0.4, 0.5) is 0 Å². The number of fused-ring (bicyclic) bond motifs is 1. The number of benzene rings is 2. The highest BCUT2D eigenvalue weighted by molar-refractivity contribution is 5.95. The fraction of sp³-hybridized carbons (Fsp3) is 0.296. The van der Waals surface area contributed by atoms with Gasteiger partial charge in [-0.3, -0.25) is 19.2 Å². The van der Waals surface area contributed by atoms with Gasteiger partial charge in [-0.2, -0.15) is 0 Å². The molecular weight excluding hydrogens is 522 g/mol. The smallest absolute Gasteiger partial charge is 0.326 e. The molecule has 3 aromatic rings. The number of phenolic OH excluding ortho intramolecular Hbond substituents is 1. The molecule has 3 rings (SSSR count). The van der Waals surface area contributed by atoms with Gasteiger partial charge >= 0.3 is 11.9 Å². The van der Waals surface area contributed by atoms with Crippen molar-refractivity contribution in [3.63, 3.8) is 0 Å². The fourth-order valence-corrected chi connectivity index (χ4v) is 4.03. The Bertz CT molecular complexity index is 1390. The van der Waals surface area contributed by atoms with E-state index >= 15 is 0 Å². The number of para-hydroxylation sites is 1. The molecule has 4 atom stereocenters. The highest BCUT2D eigenvalue weighted by atomic mass is 16.4. The van der Waals surface area contributed by atoms with Crippen LogP contribution in [0.5, 0.6) is 5.75 Å². The average molecular weight is 554 g/mol. The SMILES string of the molecule is CC(N)C(=O)NC(Cc1c[nH]c2ccccc12)C(=O)NC(Cc1ccc(O)cc1)C(=O)NC(CC(=O)O)C(=O)O. The summed E-state index contributed by atoms with van der Waals surface area (Å²) in [5.74, 6) is -5.33. The van der Waals surface area contributed by atoms with Crippen molar-refractivity contribution in [2.75, 3.05) is 0 Å². The highest BCUT2D eigenvalue weighted by Crippen LogP contribution is 2.19. The Morgan fingerprint density at radius 1 is 0.825 bits per heavy atom. The number of carboxylic acid groups (broad SMARTS) is 2. The molecule has 2 aromatic carbocycles. The van der Waals surface area contributed by atoms with Crippen molar-refractivity contribution in [2.45, 2.75) is 50.4 Å². The molecule has 40 heavy (non-hydrogen) atoms. The summed E-state index contributed by atoms with van der Waals surface area (Å²) < 4.78 is 0. The number of hydrogen-bond donors (Lipinski definition) is 8. The summed E-state index contributed by atoms with van der Waals surface area (Å²) in [6, 6.07) is 7.93. The average Bonchev–Trinajstić information content (AvgIpc) is 3.31. The van der Waals surface area contributed by atoms with E-state index in [0.29, 0.717) is 11.1 Å². The molecule has 9 N–H and O–H groups in total. The van der Waals surface area contributed by atoms with Crippen molar-refractivity contribution < 1.29 is 39.3 Å². The molecule has 0 spiro atoms. The zero-order valence-corrected chi connectivity index (χ0v) is 21.6. The van der Waals surface area contributed by atoms with Crippen LogP contribution in [0.1, 0.15) is 24.5 Å². The van der Waals surface area contributed by atoms with Gasteiger partial charge in [-0.25, -0.2) is 4.79 Å². The Balaban J connectivity index is 1.89. The van der Waals surface area contributed by atoms with Gasteiger partial charge in [-0.15, -0.1) is 0 Å². The molecule has 0 aliphatic rings. The molecule has 4 unspecified atom stereocenters. The molecule has 1 aromatic heterocycles. The van der Waals surface area contributed by atoms with Crippen LogP contribution >= 0.6 is 0 Å². The van der Waals surface area contributed by atoms with E-state index in [1.807, 2.05) is 24.3 Å². The van der Waals surface area contributed by atoms with Crippen molar-refractivity contribution in [1.82, 2.24) is 20.9 Å². The molecule has 13 nitrogen and oxygen atoms in total. The fourth-order valence-electron chi connectivity index (χ4n) is 4.03. The molecule has 0 radical (unpaired) electrons. The number of nitrogens with one attached hydrogen (secondary N) is 4. The summed E-state index contributed by atoms with van der Waals surface area (Å²) >= 11 is 0. The normalized spacial score (nSPS) is 13.9. The van der Waals surface area contributed by atoms with Crippen LogP contribution in [0, 0.1) is 0 Å². The van der Waals surface area contributed by atoms with Crippen LogP contribution in [-0.2, 0) is 36.8 Å². The lowest BCUT2D eigenvalue weighted by Crippen LogP contribution is -2.58. The Morgan fingerprint density at radius 2 is 1.40 bits per heavy atom. The van der Waals surface area contributed by atoms with Crippen molar-refractivity contribution >= 4 is 40.6 Å². The minimum atomic E-state index is -1.75. The largest absolute Gasteiger partial charge is 0.508 e. The first kappa shape index (κ1) is 29.6. The lowest BCUT2D eigenvalue weighted by molar-refractivity contribution is -0.147. The first-order chi connectivity index (χ1) is 18.9. The van der Waals surface area contributed by atoms with Gasteiger partial charge in [0.05, 0.1) is 12.5 Å². The van der Waals surface area contributed by atoms with E-state index in [1.54, 1.807) is 6.20 Å². The monoisotopic (exact) mass is 553 g/mol. The molecule has 0 aliphatic carbocycles. The maximum atomic E-state index is 13.5. The second kappa shape index (κ2) is 13.2. The van der Waals surface area contributed by atoms with Crippen molar-refractivity contribution in [3.05, 3.63) is 65.9 Å². The minimum absolute atomic E-state index is 0.0291. The summed E-state index contributed by atoms with van der Waals surface area (Å²) in [6.45, 7) is 1.45. The number of carboxylic acids is 2. The molecular formula is C27H31N5O8. The lowest BCUT2D eigenvalue weighted by atomic mass is 10.0. The summed E-state index contributed by atoms with van der Waals surface area (Å²) in [6.07, 6.45) is 0.735. The van der Waals surface area contributed by atoms with Crippen molar-refractivity contribution in [2.24, 2.45) is 5.73 Å². The summed E-state index contributed by atoms with van der Waals surface area (Å²) in [4.78, 5) is 64.9. The standard InChI is InChI=1S/C27H31N5O8/c1-14(28)24(36)30-21(11-16-13-29-19-5-3-2-4-18(16)19)26(38)31-20(10-15-6-8-17(33)9-7-15)25(37)32-22(27(39)40)12-23(34)35/h2-9,13-14,20-22,29,33H,10-12,28H2,1H3,(H,30,36)(H,31,38)(H,32,37)(H,34,35)(H,39,40). The molecule has 0 aliphatic heterocycles. The number of aliphatic carboxylic acids is 2. The molecule has 0 saturated heterocycles. The molecule has 1 heterocycles. The summed E-state index contributed by atoms with van der Waals surface area (Å²) in [5, 5.41) is 36.1. The number of carbonyl (C=O) groups is 5. The van der Waals surface area contributed by atoms with Crippen LogP contribution in [-0.4, -0.2) is 74.1 Å². The molecule has 0 fully saturated rings. The van der Waals surface area contributed by atoms with Gasteiger partial charge in [0.2, 0.25) is 17.7 Å². The van der Waals surface area contributed by atoms with Gasteiger partial charge in [0.25, 0.3) is 0 Å². The summed E-state index contributed by atoms with van der Waals surface area (Å²) in [7, 11) is 0. The lowest BCUT2D eigenvalue weighted by Gasteiger charge is -2.25. The van der Waals surface area contributed by atoms with Gasteiger partial charge < -0.3 is 42.0 Å². The Morgan fingerprint density at radius 3 is 2.00 bits per heavy atom. The maximum absolute atomic E-state index is 13.5. The van der Waals surface area contributed by atoms with Crippen LogP contribution in [0.25, 0.3) is 10.9 Å². The van der Waals surface area contributed by atoms with Crippen LogP contribution in [0.15, 0.2) is 54.7 Å². The number of hydrogen-bond acceptors (Lipinski definition) is 7. The number of aromatic nitrogens is 1. The van der Waals surface area contributed by atoms with Gasteiger partial charge in [-0.05, 0) is 36.2 Å². The van der Waals surface area contributed by atoms with Gasteiger partial charge in [0.1, 0.15) is 23.9 Å². The van der Waals surface area contributed by atoms with Crippen LogP contribution < -0.4 is 21.7 Å². The van der Waals surface area contributed by atoms with E-state index in [2.05, 4.69) is 20.9 Å². The highest BCUT2D eigenvalue weighted by Gasteiger charge is 2.31. The Kier molecular flexibility index (Phi) is 9.81. The third kappa shape index (κ3) is 8.04. The number of amides is 3. The number of aromatic hydroxyl groups is 1. The van der Waals surface area contributed by atoms with E-state index < -0.39 is 60.2 Å². The van der Waals surface area contributed by atoms with Crippen molar-refractivity contribution in [3.8, 4) is 5.75 Å². The number of nitrogens with two attached hydrogens (primary N) is 1. The van der Waals surface area contributed by atoms with E-state index in [9.17, 15) is 34.2 Å². The molecule has 0 bridgehead atoms. The van der Waals surface area contributed by atoms with E-state index in [-0.39, 0.29) is 18.6 Å². The number of rotatable bonds is 13. The van der Waals surface area contributed by atoms with E-state index in [0.717, 1.165) is 10.9 Å². The van der Waals surface area contributed by atoms with E-state index in [4.69, 9.17) is 10.8 Å². The third-order valence-corrected chi connectivity index (χ3v) is 6.15. The Hall–Kier alpha value is -4.91. The molecule has 0 saturated carbocycles. The molecule has 212 valence electrons. The minimum Gasteiger partial charge on any atom is -0.508 e. The number of carbonyl (C=O) groups excluding carboxylic acids is 3. The van der Waals surface area contributed by atoms with Crippen LogP contribution in [0.3, 0.4) is 0 Å². The second-order valence-electron chi connectivity index (χ2n) is 9.34. The zero-order chi connectivity index (χ0) is 29.4. The first-order valence-corrected chi connectivity index (χ1v) is 12.4. The maximum Gasteiger partial charge on any atom is 0.326 e. The predicted molar refractivity (Wildman–Crippen MR) is 143 cm³/mol. The third-order valence-electron chi connectivity index (χ3n) is 6.15. The van der Waals surface area contributed by atoms with Crippen molar-refractivity contribution in [1.29, 1.82) is 0 Å². The number of phenols is 1. The summed E-state index contributed by atoms with van der Waals surface area (Å²) in [5.41, 5.74) is 7.74. The first-order valence-electron chi connectivity index (χ1n) is 12.4. The molecule has 13 heteroatoms.